The maximum absolute atomic E-state index is 11.1. The summed E-state index contributed by atoms with van der Waals surface area (Å²) in [7, 11) is 0. The number of ether oxygens (including phenoxy) is 1. The van der Waals surface area contributed by atoms with Crippen LogP contribution >= 0.6 is 0 Å². The number of hydrogen-bond donors (Lipinski definition) is 3. The van der Waals surface area contributed by atoms with Gasteiger partial charge in [-0.25, -0.2) is 4.79 Å². The number of carboxylic acid groups (broad SMARTS) is 1. The van der Waals surface area contributed by atoms with Gasteiger partial charge >= 0.3 is 12.1 Å². The van der Waals surface area contributed by atoms with E-state index in [0.717, 1.165) is 0 Å². The van der Waals surface area contributed by atoms with E-state index in [1.807, 2.05) is 0 Å². The zero-order chi connectivity index (χ0) is 12.7. The van der Waals surface area contributed by atoms with Crippen LogP contribution in [0.3, 0.4) is 0 Å². The Bertz CT molecular complexity index is 317. The van der Waals surface area contributed by atoms with Gasteiger partial charge in [0.15, 0.2) is 0 Å². The molecule has 1 rings (SSSR count). The lowest BCUT2D eigenvalue weighted by molar-refractivity contribution is -0.137. The van der Waals surface area contributed by atoms with E-state index in [9.17, 15) is 9.59 Å². The number of hydrogen-bond acceptors (Lipinski definition) is 5. The Labute approximate surface area is 99.2 Å². The van der Waals surface area contributed by atoms with E-state index < -0.39 is 12.1 Å². The summed E-state index contributed by atoms with van der Waals surface area (Å²) in [6.45, 7) is 3.15. The van der Waals surface area contributed by atoms with Crippen LogP contribution in [-0.2, 0) is 9.53 Å². The number of alkyl carbamates (subject to hydrolysis) is 1. The molecular formula is C10H17N3O4. The van der Waals surface area contributed by atoms with Crippen molar-refractivity contribution < 1.29 is 19.4 Å². The molecule has 1 aliphatic rings. The first-order valence-corrected chi connectivity index (χ1v) is 5.55. The van der Waals surface area contributed by atoms with Crippen molar-refractivity contribution in [2.45, 2.75) is 19.8 Å². The number of carbonyl (C=O) groups is 2. The molecule has 0 aromatic heterocycles. The van der Waals surface area contributed by atoms with E-state index in [-0.39, 0.29) is 12.3 Å². The van der Waals surface area contributed by atoms with Gasteiger partial charge in [-0.15, -0.1) is 0 Å². The molecule has 1 heterocycles. The summed E-state index contributed by atoms with van der Waals surface area (Å²) in [6, 6.07) is 0. The van der Waals surface area contributed by atoms with Gasteiger partial charge in [-0.1, -0.05) is 0 Å². The summed E-state index contributed by atoms with van der Waals surface area (Å²) in [4.78, 5) is 25.6. The smallest absolute Gasteiger partial charge is 0.413 e. The summed E-state index contributed by atoms with van der Waals surface area (Å²) >= 11 is 0. The van der Waals surface area contributed by atoms with Crippen LogP contribution < -0.4 is 10.6 Å². The van der Waals surface area contributed by atoms with Gasteiger partial charge in [-0.05, 0) is 19.3 Å². The Morgan fingerprint density at radius 3 is 2.94 bits per heavy atom. The Balaban J connectivity index is 2.29. The molecule has 7 nitrogen and oxygen atoms in total. The Hall–Kier alpha value is -1.79. The van der Waals surface area contributed by atoms with Crippen LogP contribution in [-0.4, -0.2) is 42.8 Å². The van der Waals surface area contributed by atoms with Gasteiger partial charge in [-0.3, -0.25) is 15.1 Å². The standard InChI is InChI=1S/C10H17N3O4/c1-2-17-10(16)13-9-11-5-7(6-12-9)3-4-8(14)15/h7H,2-6H2,1H3,(H,14,15)(H2,11,12,13,16). The number of carboxylic acids is 1. The highest BCUT2D eigenvalue weighted by Gasteiger charge is 2.17. The van der Waals surface area contributed by atoms with E-state index in [1.165, 1.54) is 0 Å². The summed E-state index contributed by atoms with van der Waals surface area (Å²) < 4.78 is 4.70. The van der Waals surface area contributed by atoms with E-state index >= 15 is 0 Å². The predicted molar refractivity (Wildman–Crippen MR) is 60.8 cm³/mol. The molecule has 7 heteroatoms. The van der Waals surface area contributed by atoms with Crippen LogP contribution in [0, 0.1) is 5.92 Å². The lowest BCUT2D eigenvalue weighted by atomic mass is 10.0. The van der Waals surface area contributed by atoms with Gasteiger partial charge in [0.2, 0.25) is 5.96 Å². The quantitative estimate of drug-likeness (QED) is 0.653. The topological polar surface area (TPSA) is 100 Å². The molecular weight excluding hydrogens is 226 g/mol. The minimum absolute atomic E-state index is 0.141. The number of aliphatic carboxylic acids is 1. The second-order valence-corrected chi connectivity index (χ2v) is 3.71. The average molecular weight is 243 g/mol. The normalized spacial score (nSPS) is 18.9. The lowest BCUT2D eigenvalue weighted by Gasteiger charge is -2.22. The second kappa shape index (κ2) is 6.72. The van der Waals surface area contributed by atoms with Crippen molar-refractivity contribution in [1.82, 2.24) is 10.6 Å². The van der Waals surface area contributed by atoms with Crippen LogP contribution in [0.1, 0.15) is 19.8 Å². The lowest BCUT2D eigenvalue weighted by Crippen LogP contribution is -2.46. The number of guanidine groups is 1. The minimum Gasteiger partial charge on any atom is -0.481 e. The van der Waals surface area contributed by atoms with E-state index in [2.05, 4.69) is 15.6 Å². The van der Waals surface area contributed by atoms with Crippen LogP contribution in [0.2, 0.25) is 0 Å². The van der Waals surface area contributed by atoms with Gasteiger partial charge < -0.3 is 15.2 Å². The van der Waals surface area contributed by atoms with Crippen LogP contribution in [0.15, 0.2) is 4.99 Å². The first-order valence-electron chi connectivity index (χ1n) is 5.55. The van der Waals surface area contributed by atoms with Crippen molar-refractivity contribution in [3.05, 3.63) is 0 Å². The molecule has 1 amide bonds. The summed E-state index contributed by atoms with van der Waals surface area (Å²) in [5, 5.41) is 13.9. The third-order valence-corrected chi connectivity index (χ3v) is 2.33. The van der Waals surface area contributed by atoms with Crippen molar-refractivity contribution in [2.75, 3.05) is 19.7 Å². The molecule has 3 N–H and O–H groups in total. The molecule has 0 bridgehead atoms. The van der Waals surface area contributed by atoms with Gasteiger partial charge in [0.25, 0.3) is 0 Å². The molecule has 0 aromatic carbocycles. The molecule has 1 unspecified atom stereocenters. The highest BCUT2D eigenvalue weighted by Crippen LogP contribution is 2.08. The molecule has 0 fully saturated rings. The second-order valence-electron chi connectivity index (χ2n) is 3.71. The number of carbonyl (C=O) groups excluding carboxylic acids is 1. The minimum atomic E-state index is -0.801. The fourth-order valence-corrected chi connectivity index (χ4v) is 1.45. The Morgan fingerprint density at radius 2 is 2.41 bits per heavy atom. The summed E-state index contributed by atoms with van der Waals surface area (Å²) in [6.07, 6.45) is 0.184. The molecule has 1 atom stereocenters. The van der Waals surface area contributed by atoms with Gasteiger partial charge in [0, 0.05) is 19.5 Å². The molecule has 96 valence electrons. The third-order valence-electron chi connectivity index (χ3n) is 2.33. The number of nitrogens with zero attached hydrogens (tertiary/aromatic N) is 1. The van der Waals surface area contributed by atoms with Crippen LogP contribution in [0.4, 0.5) is 4.79 Å². The monoisotopic (exact) mass is 243 g/mol. The van der Waals surface area contributed by atoms with Crippen molar-refractivity contribution in [3.63, 3.8) is 0 Å². The number of nitrogens with one attached hydrogen (secondary N) is 2. The fraction of sp³-hybridized carbons (Fsp3) is 0.700. The first kappa shape index (κ1) is 13.3. The van der Waals surface area contributed by atoms with Gasteiger partial charge in [-0.2, -0.15) is 0 Å². The zero-order valence-electron chi connectivity index (χ0n) is 9.73. The molecule has 0 spiro atoms. The average Bonchev–Trinajstić information content (AvgIpc) is 2.28. The van der Waals surface area contributed by atoms with E-state index in [0.29, 0.717) is 32.1 Å². The zero-order valence-corrected chi connectivity index (χ0v) is 9.73. The summed E-state index contributed by atoms with van der Waals surface area (Å²) in [5.74, 6) is -0.224. The molecule has 0 aromatic rings. The number of aliphatic imine (C=N–C) groups is 1. The van der Waals surface area contributed by atoms with Crippen molar-refractivity contribution in [1.29, 1.82) is 0 Å². The maximum atomic E-state index is 11.1. The van der Waals surface area contributed by atoms with Crippen LogP contribution in [0.25, 0.3) is 0 Å². The molecule has 17 heavy (non-hydrogen) atoms. The fourth-order valence-electron chi connectivity index (χ4n) is 1.45. The highest BCUT2D eigenvalue weighted by molar-refractivity contribution is 5.94. The van der Waals surface area contributed by atoms with Gasteiger partial charge in [0.05, 0.1) is 6.61 Å². The first-order chi connectivity index (χ1) is 8.11. The molecule has 0 saturated heterocycles. The predicted octanol–water partition coefficient (Wildman–Crippen LogP) is 0.173. The van der Waals surface area contributed by atoms with E-state index in [4.69, 9.17) is 9.84 Å². The number of amides is 1. The summed E-state index contributed by atoms with van der Waals surface area (Å²) in [5.41, 5.74) is 0. The van der Waals surface area contributed by atoms with Crippen LogP contribution in [0.5, 0.6) is 0 Å². The third kappa shape index (κ3) is 5.19. The Morgan fingerprint density at radius 1 is 1.65 bits per heavy atom. The largest absolute Gasteiger partial charge is 0.481 e. The SMILES string of the molecule is CCOC(=O)NC1=NCC(CCC(=O)O)CN1. The molecule has 1 aliphatic heterocycles. The maximum Gasteiger partial charge on any atom is 0.413 e. The Kier molecular flexibility index (Phi) is 5.25. The van der Waals surface area contributed by atoms with Crippen molar-refractivity contribution >= 4 is 18.0 Å². The molecule has 0 radical (unpaired) electrons. The van der Waals surface area contributed by atoms with Crippen molar-refractivity contribution in [2.24, 2.45) is 10.9 Å². The number of rotatable bonds is 4. The van der Waals surface area contributed by atoms with E-state index in [1.54, 1.807) is 6.92 Å². The van der Waals surface area contributed by atoms with Crippen molar-refractivity contribution in [3.8, 4) is 0 Å². The highest BCUT2D eigenvalue weighted by atomic mass is 16.5. The molecule has 0 aliphatic carbocycles. The molecule has 0 saturated carbocycles. The van der Waals surface area contributed by atoms with Gasteiger partial charge in [0.1, 0.15) is 0 Å².